The molecule has 1 atom stereocenters. The average molecular weight is 334 g/mol. The maximum absolute atomic E-state index is 12.4. The number of aliphatic carboxylic acids is 1. The fraction of sp³-hybridized carbons (Fsp3) is 0.588. The van der Waals surface area contributed by atoms with Crippen LogP contribution >= 0.6 is 11.3 Å². The summed E-state index contributed by atoms with van der Waals surface area (Å²) in [6, 6.07) is 0. The molecule has 0 spiro atoms. The lowest BCUT2D eigenvalue weighted by atomic mass is 9.72. The lowest BCUT2D eigenvalue weighted by Crippen LogP contribution is -2.26. The zero-order chi connectivity index (χ0) is 16.8. The molecular weight excluding hydrogens is 312 g/mol. The third kappa shape index (κ3) is 3.17. The molecule has 1 aliphatic rings. The Morgan fingerprint density at radius 3 is 2.83 bits per heavy atom. The Morgan fingerprint density at radius 1 is 1.43 bits per heavy atom. The highest BCUT2D eigenvalue weighted by Gasteiger charge is 2.31. The van der Waals surface area contributed by atoms with Gasteiger partial charge in [0, 0.05) is 11.3 Å². The number of aryl methyl sites for hydroxylation is 2. The van der Waals surface area contributed by atoms with E-state index in [0.717, 1.165) is 35.0 Å². The number of hydrogen-bond acceptors (Lipinski definition) is 4. The number of aromatic amines is 1. The van der Waals surface area contributed by atoms with Crippen molar-refractivity contribution < 1.29 is 9.90 Å². The molecule has 0 aromatic carbocycles. The van der Waals surface area contributed by atoms with Crippen LogP contribution in [0.15, 0.2) is 4.79 Å². The Morgan fingerprint density at radius 2 is 2.17 bits per heavy atom. The number of nitrogens with one attached hydrogen (secondary N) is 1. The summed E-state index contributed by atoms with van der Waals surface area (Å²) in [6.07, 6.45) is 3.27. The topological polar surface area (TPSA) is 83.0 Å². The molecule has 2 aromatic heterocycles. The zero-order valence-corrected chi connectivity index (χ0v) is 14.5. The molecule has 0 fully saturated rings. The smallest absolute Gasteiger partial charge is 0.303 e. The van der Waals surface area contributed by atoms with E-state index in [1.807, 2.05) is 0 Å². The molecule has 0 saturated carbocycles. The van der Waals surface area contributed by atoms with Gasteiger partial charge in [0.15, 0.2) is 0 Å². The predicted molar refractivity (Wildman–Crippen MR) is 91.2 cm³/mol. The van der Waals surface area contributed by atoms with E-state index in [1.165, 1.54) is 4.88 Å². The molecular formula is C17H22N2O3S. The highest BCUT2D eigenvalue weighted by Crippen LogP contribution is 2.41. The summed E-state index contributed by atoms with van der Waals surface area (Å²) in [6.45, 7) is 6.81. The van der Waals surface area contributed by atoms with Gasteiger partial charge in [-0.15, -0.1) is 11.3 Å². The van der Waals surface area contributed by atoms with Crippen molar-refractivity contribution >= 4 is 27.5 Å². The second kappa shape index (κ2) is 5.74. The van der Waals surface area contributed by atoms with E-state index in [1.54, 1.807) is 11.3 Å². The third-order valence-electron chi connectivity index (χ3n) is 4.77. The number of H-pyrrole nitrogens is 1. The highest BCUT2D eigenvalue weighted by atomic mass is 32.1. The molecule has 124 valence electrons. The fourth-order valence-electron chi connectivity index (χ4n) is 3.31. The molecule has 2 aromatic rings. The van der Waals surface area contributed by atoms with E-state index in [-0.39, 0.29) is 23.8 Å². The van der Waals surface area contributed by atoms with E-state index >= 15 is 0 Å². The van der Waals surface area contributed by atoms with Gasteiger partial charge >= 0.3 is 5.97 Å². The van der Waals surface area contributed by atoms with E-state index < -0.39 is 5.97 Å². The summed E-state index contributed by atoms with van der Waals surface area (Å²) in [7, 11) is 0. The summed E-state index contributed by atoms with van der Waals surface area (Å²) >= 11 is 1.60. The first-order valence-corrected chi connectivity index (χ1v) is 8.82. The van der Waals surface area contributed by atoms with Crippen molar-refractivity contribution in [1.82, 2.24) is 9.97 Å². The zero-order valence-electron chi connectivity index (χ0n) is 13.7. The molecule has 23 heavy (non-hydrogen) atoms. The number of thiophene rings is 1. The van der Waals surface area contributed by atoms with Crippen molar-refractivity contribution in [3.63, 3.8) is 0 Å². The number of fused-ring (bicyclic) bond motifs is 3. The minimum absolute atomic E-state index is 0.0222. The van der Waals surface area contributed by atoms with Crippen molar-refractivity contribution in [2.75, 3.05) is 0 Å². The van der Waals surface area contributed by atoms with Crippen LogP contribution in [0.5, 0.6) is 0 Å². The molecule has 0 aliphatic heterocycles. The van der Waals surface area contributed by atoms with E-state index in [0.29, 0.717) is 11.7 Å². The number of carbonyl (C=O) groups is 1. The highest BCUT2D eigenvalue weighted by molar-refractivity contribution is 7.18. The Labute approximate surface area is 138 Å². The number of carboxylic acids is 1. The van der Waals surface area contributed by atoms with Gasteiger partial charge in [-0.25, -0.2) is 4.98 Å². The molecule has 5 nitrogen and oxygen atoms in total. The van der Waals surface area contributed by atoms with Crippen LogP contribution in [0.4, 0.5) is 0 Å². The maximum atomic E-state index is 12.4. The first-order chi connectivity index (χ1) is 10.8. The normalized spacial score (nSPS) is 18.1. The van der Waals surface area contributed by atoms with Crippen LogP contribution in [-0.2, 0) is 24.1 Å². The SMILES string of the molecule is CC(C)(C)[C@H]1CCc2c(sc3nc(CCC(=O)O)[nH]c(=O)c23)C1. The van der Waals surface area contributed by atoms with Gasteiger partial charge in [-0.1, -0.05) is 20.8 Å². The monoisotopic (exact) mass is 334 g/mol. The number of rotatable bonds is 3. The largest absolute Gasteiger partial charge is 0.481 e. The summed E-state index contributed by atoms with van der Waals surface area (Å²) in [5, 5.41) is 9.50. The molecule has 0 amide bonds. The first kappa shape index (κ1) is 16.2. The fourth-order valence-corrected chi connectivity index (χ4v) is 4.63. The van der Waals surface area contributed by atoms with Gasteiger partial charge in [0.05, 0.1) is 11.8 Å². The van der Waals surface area contributed by atoms with Gasteiger partial charge in [-0.3, -0.25) is 9.59 Å². The molecule has 0 unspecified atom stereocenters. The van der Waals surface area contributed by atoms with E-state index in [9.17, 15) is 9.59 Å². The lowest BCUT2D eigenvalue weighted by molar-refractivity contribution is -0.137. The summed E-state index contributed by atoms with van der Waals surface area (Å²) in [5.74, 6) is 0.204. The summed E-state index contributed by atoms with van der Waals surface area (Å²) in [5.41, 5.74) is 1.30. The van der Waals surface area contributed by atoms with Crippen LogP contribution in [0.25, 0.3) is 10.2 Å². The minimum Gasteiger partial charge on any atom is -0.481 e. The minimum atomic E-state index is -0.883. The predicted octanol–water partition coefficient (Wildman–Crippen LogP) is 3.15. The average Bonchev–Trinajstić information content (AvgIpc) is 2.81. The lowest BCUT2D eigenvalue weighted by Gasteiger charge is -2.33. The molecule has 2 heterocycles. The third-order valence-corrected chi connectivity index (χ3v) is 5.92. The van der Waals surface area contributed by atoms with E-state index in [2.05, 4.69) is 30.7 Å². The number of hydrogen-bond donors (Lipinski definition) is 2. The van der Waals surface area contributed by atoms with Gasteiger partial charge in [-0.2, -0.15) is 0 Å². The van der Waals surface area contributed by atoms with Gasteiger partial charge < -0.3 is 10.1 Å². The molecule has 0 bridgehead atoms. The number of aromatic nitrogens is 2. The molecule has 2 N–H and O–H groups in total. The second-order valence-electron chi connectivity index (χ2n) is 7.40. The van der Waals surface area contributed by atoms with Crippen LogP contribution in [0.3, 0.4) is 0 Å². The van der Waals surface area contributed by atoms with Crippen molar-refractivity contribution in [3.05, 3.63) is 26.6 Å². The molecule has 1 aliphatic carbocycles. The van der Waals surface area contributed by atoms with Crippen molar-refractivity contribution in [3.8, 4) is 0 Å². The van der Waals surface area contributed by atoms with Gasteiger partial charge in [0.25, 0.3) is 5.56 Å². The Balaban J connectivity index is 1.98. The molecule has 6 heteroatoms. The van der Waals surface area contributed by atoms with E-state index in [4.69, 9.17) is 5.11 Å². The Hall–Kier alpha value is -1.69. The van der Waals surface area contributed by atoms with Crippen molar-refractivity contribution in [1.29, 1.82) is 0 Å². The standard InChI is InChI=1S/C17H22N2O3S/c1-17(2,3)9-4-5-10-11(8-9)23-16-14(10)15(22)18-12(19-16)6-7-13(20)21/h9H,4-8H2,1-3H3,(H,20,21)(H,18,19,22)/t9-/m0/s1. The van der Waals surface area contributed by atoms with Crippen LogP contribution in [0.2, 0.25) is 0 Å². The molecule has 3 rings (SSSR count). The van der Waals surface area contributed by atoms with Crippen LogP contribution in [0.1, 0.15) is 49.9 Å². The van der Waals surface area contributed by atoms with Crippen LogP contribution < -0.4 is 5.56 Å². The maximum Gasteiger partial charge on any atom is 0.303 e. The van der Waals surface area contributed by atoms with Gasteiger partial charge in [0.2, 0.25) is 0 Å². The number of nitrogens with zero attached hydrogens (tertiary/aromatic N) is 1. The van der Waals surface area contributed by atoms with Gasteiger partial charge in [0.1, 0.15) is 10.7 Å². The van der Waals surface area contributed by atoms with Crippen LogP contribution in [0, 0.1) is 11.3 Å². The molecule has 0 saturated heterocycles. The van der Waals surface area contributed by atoms with Crippen LogP contribution in [-0.4, -0.2) is 21.0 Å². The first-order valence-electron chi connectivity index (χ1n) is 8.01. The summed E-state index contributed by atoms with van der Waals surface area (Å²) in [4.78, 5) is 32.4. The summed E-state index contributed by atoms with van der Waals surface area (Å²) < 4.78 is 0. The van der Waals surface area contributed by atoms with Crippen molar-refractivity contribution in [2.24, 2.45) is 11.3 Å². The molecule has 0 radical (unpaired) electrons. The van der Waals surface area contributed by atoms with Gasteiger partial charge in [-0.05, 0) is 36.2 Å². The quantitative estimate of drug-likeness (QED) is 0.903. The van der Waals surface area contributed by atoms with Crippen molar-refractivity contribution in [2.45, 2.75) is 52.9 Å². The Bertz CT molecular complexity index is 814. The Kier molecular flexibility index (Phi) is 4.04. The number of carboxylic acid groups (broad SMARTS) is 1. The second-order valence-corrected chi connectivity index (χ2v) is 8.48.